The van der Waals surface area contributed by atoms with Gasteiger partial charge in [0.05, 0.1) is 6.04 Å². The molecule has 0 aromatic heterocycles. The summed E-state index contributed by atoms with van der Waals surface area (Å²) in [6.45, 7) is 1.48. The van der Waals surface area contributed by atoms with Crippen LogP contribution in [0.1, 0.15) is 24.1 Å². The van der Waals surface area contributed by atoms with Crippen molar-refractivity contribution < 1.29 is 14.3 Å². The van der Waals surface area contributed by atoms with Crippen molar-refractivity contribution in [3.8, 4) is 0 Å². The molecule has 0 saturated heterocycles. The molecule has 1 aromatic carbocycles. The van der Waals surface area contributed by atoms with Gasteiger partial charge in [-0.05, 0) is 11.6 Å². The minimum absolute atomic E-state index is 0.130. The summed E-state index contributed by atoms with van der Waals surface area (Å²) in [5.41, 5.74) is 0.748. The Morgan fingerprint density at radius 2 is 2.11 bits per heavy atom. The summed E-state index contributed by atoms with van der Waals surface area (Å²) in [7, 11) is 1.49. The van der Waals surface area contributed by atoms with Crippen LogP contribution < -0.4 is 5.32 Å². The van der Waals surface area contributed by atoms with Gasteiger partial charge in [-0.3, -0.25) is 9.69 Å². The molecule has 5 heteroatoms. The van der Waals surface area contributed by atoms with Gasteiger partial charge in [-0.25, -0.2) is 4.79 Å². The number of nitrogens with one attached hydrogen (secondary N) is 1. The van der Waals surface area contributed by atoms with E-state index in [-0.39, 0.29) is 11.9 Å². The summed E-state index contributed by atoms with van der Waals surface area (Å²) in [5.74, 6) is -0.130. The fourth-order valence-corrected chi connectivity index (χ4v) is 2.90. The first kappa shape index (κ1) is 11.8. The number of nitrogens with zero attached hydrogens (tertiary/aromatic N) is 1. The maximum atomic E-state index is 11.9. The van der Waals surface area contributed by atoms with E-state index < -0.39 is 11.8 Å². The molecule has 1 N–H and O–H groups in total. The molecule has 2 aliphatic rings. The van der Waals surface area contributed by atoms with Gasteiger partial charge in [-0.15, -0.1) is 0 Å². The van der Waals surface area contributed by atoms with Gasteiger partial charge in [0.15, 0.2) is 0 Å². The topological polar surface area (TPSA) is 58.6 Å². The standard InChI is InChI=1S/C14H14N2O3/c1-9(17)16-12-7-8-14(16,19-13(18)15-2)11-6-4-3-5-10(11)12/h3-8,12H,1-2H3,(H,15,18). The molecule has 2 unspecified atom stereocenters. The van der Waals surface area contributed by atoms with E-state index in [1.54, 1.807) is 11.0 Å². The van der Waals surface area contributed by atoms with Gasteiger partial charge >= 0.3 is 6.09 Å². The highest BCUT2D eigenvalue weighted by Crippen LogP contribution is 2.53. The Bertz CT molecular complexity index is 596. The third-order valence-electron chi connectivity index (χ3n) is 3.60. The molecule has 0 saturated carbocycles. The average Bonchev–Trinajstić information content (AvgIpc) is 2.90. The summed E-state index contributed by atoms with van der Waals surface area (Å²) in [6, 6.07) is 7.48. The number of alkyl carbamates (subject to hydrolysis) is 1. The maximum absolute atomic E-state index is 11.9. The zero-order chi connectivity index (χ0) is 13.6. The zero-order valence-electron chi connectivity index (χ0n) is 10.7. The van der Waals surface area contributed by atoms with Gasteiger partial charge in [0.2, 0.25) is 11.6 Å². The molecular weight excluding hydrogens is 244 g/mol. The quantitative estimate of drug-likeness (QED) is 0.779. The van der Waals surface area contributed by atoms with Crippen LogP contribution in [0, 0.1) is 0 Å². The van der Waals surface area contributed by atoms with Gasteiger partial charge in [0.1, 0.15) is 0 Å². The van der Waals surface area contributed by atoms with Gasteiger partial charge in [0, 0.05) is 19.5 Å². The SMILES string of the molecule is CNC(=O)OC12C=CC(c3ccccc31)N2C(C)=O. The number of hydrogen-bond acceptors (Lipinski definition) is 3. The van der Waals surface area contributed by atoms with Gasteiger partial charge < -0.3 is 10.1 Å². The van der Waals surface area contributed by atoms with Crippen LogP contribution in [0.4, 0.5) is 4.79 Å². The Morgan fingerprint density at radius 1 is 1.37 bits per heavy atom. The Labute approximate surface area is 110 Å². The smallest absolute Gasteiger partial charge is 0.409 e. The lowest BCUT2D eigenvalue weighted by Gasteiger charge is -2.33. The molecule has 3 rings (SSSR count). The molecular formula is C14H14N2O3. The van der Waals surface area contributed by atoms with Crippen molar-refractivity contribution in [2.45, 2.75) is 18.7 Å². The second kappa shape index (κ2) is 3.85. The monoisotopic (exact) mass is 258 g/mol. The van der Waals surface area contributed by atoms with Gasteiger partial charge in [-0.1, -0.05) is 30.3 Å². The van der Waals surface area contributed by atoms with Crippen molar-refractivity contribution in [3.05, 3.63) is 47.5 Å². The average molecular weight is 258 g/mol. The highest BCUT2D eigenvalue weighted by Gasteiger charge is 2.56. The molecule has 19 heavy (non-hydrogen) atoms. The number of ether oxygens (including phenoxy) is 1. The highest BCUT2D eigenvalue weighted by atomic mass is 16.6. The first-order chi connectivity index (χ1) is 9.10. The molecule has 0 aliphatic carbocycles. The minimum Gasteiger partial charge on any atom is -0.414 e. The third-order valence-corrected chi connectivity index (χ3v) is 3.60. The number of benzene rings is 1. The molecule has 2 atom stereocenters. The van der Waals surface area contributed by atoms with Crippen LogP contribution in [0.25, 0.3) is 0 Å². The van der Waals surface area contributed by atoms with Crippen molar-refractivity contribution in [1.29, 1.82) is 0 Å². The first-order valence-corrected chi connectivity index (χ1v) is 6.09. The van der Waals surface area contributed by atoms with E-state index in [0.29, 0.717) is 0 Å². The third kappa shape index (κ3) is 1.41. The van der Waals surface area contributed by atoms with Crippen LogP contribution in [-0.2, 0) is 15.3 Å². The molecule has 98 valence electrons. The molecule has 0 radical (unpaired) electrons. The normalized spacial score (nSPS) is 26.2. The lowest BCUT2D eigenvalue weighted by molar-refractivity contribution is -0.147. The Morgan fingerprint density at radius 3 is 2.79 bits per heavy atom. The lowest BCUT2D eigenvalue weighted by Crippen LogP contribution is -2.45. The summed E-state index contributed by atoms with van der Waals surface area (Å²) in [4.78, 5) is 25.1. The molecule has 2 heterocycles. The second-order valence-corrected chi connectivity index (χ2v) is 4.62. The van der Waals surface area contributed by atoms with Crippen LogP contribution in [0.15, 0.2) is 36.4 Å². The Balaban J connectivity index is 2.14. The number of amides is 2. The fraction of sp³-hybridized carbons (Fsp3) is 0.286. The van der Waals surface area contributed by atoms with E-state index in [2.05, 4.69) is 5.32 Å². The van der Waals surface area contributed by atoms with E-state index in [4.69, 9.17) is 4.74 Å². The van der Waals surface area contributed by atoms with Crippen LogP contribution in [-0.4, -0.2) is 23.9 Å². The minimum atomic E-state index is -1.10. The molecule has 2 amide bonds. The molecule has 2 bridgehead atoms. The number of rotatable bonds is 1. The highest BCUT2D eigenvalue weighted by molar-refractivity contribution is 5.80. The summed E-state index contributed by atoms with van der Waals surface area (Å²) in [5, 5.41) is 2.43. The molecule has 5 nitrogen and oxygen atoms in total. The summed E-state index contributed by atoms with van der Waals surface area (Å²) >= 11 is 0. The number of carbonyl (C=O) groups excluding carboxylic acids is 2. The summed E-state index contributed by atoms with van der Waals surface area (Å²) in [6.07, 6.45) is 3.11. The van der Waals surface area contributed by atoms with E-state index in [0.717, 1.165) is 11.1 Å². The largest absolute Gasteiger partial charge is 0.414 e. The summed E-state index contributed by atoms with van der Waals surface area (Å²) < 4.78 is 5.51. The van der Waals surface area contributed by atoms with Crippen molar-refractivity contribution in [1.82, 2.24) is 10.2 Å². The number of fused-ring (bicyclic) bond motifs is 5. The van der Waals surface area contributed by atoms with Crippen molar-refractivity contribution in [2.75, 3.05) is 7.05 Å². The van der Waals surface area contributed by atoms with E-state index in [1.165, 1.54) is 14.0 Å². The Kier molecular flexibility index (Phi) is 2.38. The lowest BCUT2D eigenvalue weighted by atomic mass is 9.95. The molecule has 0 spiro atoms. The van der Waals surface area contributed by atoms with E-state index in [9.17, 15) is 9.59 Å². The second-order valence-electron chi connectivity index (χ2n) is 4.62. The van der Waals surface area contributed by atoms with Crippen molar-refractivity contribution in [2.24, 2.45) is 0 Å². The Hall–Kier alpha value is -2.30. The fourth-order valence-electron chi connectivity index (χ4n) is 2.90. The molecule has 1 aromatic rings. The van der Waals surface area contributed by atoms with Gasteiger partial charge in [-0.2, -0.15) is 0 Å². The van der Waals surface area contributed by atoms with E-state index in [1.807, 2.05) is 30.3 Å². The van der Waals surface area contributed by atoms with E-state index >= 15 is 0 Å². The number of carbonyl (C=O) groups is 2. The number of hydrogen-bond donors (Lipinski definition) is 1. The van der Waals surface area contributed by atoms with Crippen molar-refractivity contribution >= 4 is 12.0 Å². The first-order valence-electron chi connectivity index (χ1n) is 6.09. The van der Waals surface area contributed by atoms with Gasteiger partial charge in [0.25, 0.3) is 0 Å². The van der Waals surface area contributed by atoms with Crippen LogP contribution in [0.5, 0.6) is 0 Å². The molecule has 2 aliphatic heterocycles. The van der Waals surface area contributed by atoms with Crippen LogP contribution in [0.3, 0.4) is 0 Å². The zero-order valence-corrected chi connectivity index (χ0v) is 10.7. The predicted octanol–water partition coefficient (Wildman–Crippen LogP) is 1.67. The maximum Gasteiger partial charge on any atom is 0.409 e. The molecule has 0 fully saturated rings. The van der Waals surface area contributed by atoms with Crippen molar-refractivity contribution in [3.63, 3.8) is 0 Å². The van der Waals surface area contributed by atoms with Crippen LogP contribution >= 0.6 is 0 Å². The predicted molar refractivity (Wildman–Crippen MR) is 68.1 cm³/mol. The van der Waals surface area contributed by atoms with Crippen LogP contribution in [0.2, 0.25) is 0 Å².